The van der Waals surface area contributed by atoms with E-state index in [1.165, 1.54) is 0 Å². The second-order valence-corrected chi connectivity index (χ2v) is 7.47. The Bertz CT molecular complexity index is 361. The first-order valence-electron chi connectivity index (χ1n) is 4.53. The van der Waals surface area contributed by atoms with Crippen LogP contribution in [0.15, 0.2) is 12.3 Å². The minimum atomic E-state index is -1.96. The summed E-state index contributed by atoms with van der Waals surface area (Å²) in [5.74, 6) is 0.687. The molecule has 0 N–H and O–H groups in total. The molecule has 0 saturated heterocycles. The van der Waals surface area contributed by atoms with Gasteiger partial charge in [-0.1, -0.05) is 0 Å². The monoisotopic (exact) mass is 230 g/mol. The Balaban J connectivity index is 2.31. The molecule has 0 saturated carbocycles. The van der Waals surface area contributed by atoms with Crippen LogP contribution in [-0.2, 0) is 11.1 Å². The van der Waals surface area contributed by atoms with E-state index in [4.69, 9.17) is 9.05 Å². The third kappa shape index (κ3) is 1.88. The Hall–Kier alpha value is -0.310. The normalized spacial score (nSPS) is 25.4. The molecule has 1 aromatic rings. The van der Waals surface area contributed by atoms with Gasteiger partial charge < -0.3 is 0 Å². The number of rotatable bonds is 1. The van der Waals surface area contributed by atoms with Gasteiger partial charge in [-0.05, 0) is 25.5 Å². The molecular formula is C9H13NO2PS+. The van der Waals surface area contributed by atoms with E-state index in [1.54, 1.807) is 6.20 Å². The summed E-state index contributed by atoms with van der Waals surface area (Å²) >= 11 is 4.43. The molecule has 0 bridgehead atoms. The van der Waals surface area contributed by atoms with E-state index >= 15 is 0 Å². The summed E-state index contributed by atoms with van der Waals surface area (Å²) in [6.07, 6.45) is 2.60. The van der Waals surface area contributed by atoms with Crippen molar-refractivity contribution in [2.75, 3.05) is 6.16 Å². The second-order valence-electron chi connectivity index (χ2n) is 3.30. The van der Waals surface area contributed by atoms with Crippen LogP contribution in [0.1, 0.15) is 18.1 Å². The first kappa shape index (κ1) is 10.2. The van der Waals surface area contributed by atoms with Crippen LogP contribution in [0.4, 0.5) is 0 Å². The number of hydrogen-bond acceptors (Lipinski definition) is 4. The molecule has 0 aromatic carbocycles. The largest absolute Gasteiger partial charge is 0.378 e. The van der Waals surface area contributed by atoms with Crippen LogP contribution in [0.25, 0.3) is 0 Å². The number of thiol groups is 1. The van der Waals surface area contributed by atoms with E-state index in [9.17, 15) is 0 Å². The zero-order chi connectivity index (χ0) is 10.2. The topological polar surface area (TPSA) is 31.4 Å². The van der Waals surface area contributed by atoms with Crippen LogP contribution in [0.2, 0.25) is 0 Å². The Kier molecular flexibility index (Phi) is 2.69. The molecule has 76 valence electrons. The van der Waals surface area contributed by atoms with Gasteiger partial charge in [-0.15, -0.1) is 0 Å². The number of nitrogens with zero attached hydrogens (tertiary/aromatic N) is 1. The predicted octanol–water partition coefficient (Wildman–Crippen LogP) is 3.01. The molecule has 2 rings (SSSR count). The van der Waals surface area contributed by atoms with Crippen molar-refractivity contribution in [2.45, 2.75) is 20.5 Å². The molecule has 1 unspecified atom stereocenters. The predicted molar refractivity (Wildman–Crippen MR) is 60.8 cm³/mol. The minimum absolute atomic E-state index is 0.565. The first-order valence-corrected chi connectivity index (χ1v) is 7.50. The summed E-state index contributed by atoms with van der Waals surface area (Å²) in [5, 5.41) is 0. The van der Waals surface area contributed by atoms with Gasteiger partial charge in [0.1, 0.15) is 12.8 Å². The molecule has 1 aliphatic heterocycles. The van der Waals surface area contributed by atoms with Gasteiger partial charge in [0.2, 0.25) is 0 Å². The van der Waals surface area contributed by atoms with Gasteiger partial charge in [0, 0.05) is 6.20 Å². The summed E-state index contributed by atoms with van der Waals surface area (Å²) in [4.78, 5) is 4.24. The second kappa shape index (κ2) is 3.69. The Morgan fingerprint density at radius 3 is 3.14 bits per heavy atom. The van der Waals surface area contributed by atoms with Crippen LogP contribution in [-0.4, -0.2) is 11.1 Å². The molecule has 5 heteroatoms. The molecule has 0 radical (unpaired) electrons. The van der Waals surface area contributed by atoms with Crippen LogP contribution in [0, 0.1) is 6.92 Å². The average Bonchev–Trinajstić information content (AvgIpc) is 2.19. The van der Waals surface area contributed by atoms with Gasteiger partial charge in [-0.2, -0.15) is 4.52 Å². The molecule has 1 atom stereocenters. The number of aromatic nitrogens is 1. The lowest BCUT2D eigenvalue weighted by Crippen LogP contribution is -2.12. The Morgan fingerprint density at radius 2 is 2.43 bits per heavy atom. The molecule has 1 aromatic heterocycles. The van der Waals surface area contributed by atoms with E-state index in [-0.39, 0.29) is 0 Å². The lowest BCUT2D eigenvalue weighted by Gasteiger charge is -2.22. The summed E-state index contributed by atoms with van der Waals surface area (Å²) < 4.78 is 11.3. The average molecular weight is 230 g/mol. The van der Waals surface area contributed by atoms with E-state index < -0.39 is 6.92 Å². The number of pyridine rings is 1. The summed E-state index contributed by atoms with van der Waals surface area (Å²) in [6, 6.07) is 2.04. The first-order chi connectivity index (χ1) is 6.63. The molecule has 0 spiro atoms. The van der Waals surface area contributed by atoms with Crippen molar-refractivity contribution in [3.63, 3.8) is 0 Å². The van der Waals surface area contributed by atoms with Crippen molar-refractivity contribution in [3.8, 4) is 5.88 Å². The van der Waals surface area contributed by atoms with Crippen LogP contribution < -0.4 is 4.52 Å². The summed E-state index contributed by atoms with van der Waals surface area (Å²) in [5.41, 5.74) is 2.14. The standard InChI is InChI=1S/C9H13NO2PS/c1-3-13(14)11-6-8-4-7(2)5-10-9(8)12-13/h4-5,14H,3,6H2,1-2H3/q+1. The van der Waals surface area contributed by atoms with Gasteiger partial charge >= 0.3 is 6.92 Å². The highest BCUT2D eigenvalue weighted by Crippen LogP contribution is 2.67. The van der Waals surface area contributed by atoms with Crippen LogP contribution >= 0.6 is 19.2 Å². The smallest absolute Gasteiger partial charge is 0.287 e. The number of aryl methyl sites for hydroxylation is 1. The van der Waals surface area contributed by atoms with Gasteiger partial charge in [0.25, 0.3) is 5.88 Å². The molecule has 0 fully saturated rings. The highest BCUT2D eigenvalue weighted by Gasteiger charge is 2.43. The van der Waals surface area contributed by atoms with Crippen LogP contribution in [0.3, 0.4) is 0 Å². The molecular weight excluding hydrogens is 217 g/mol. The van der Waals surface area contributed by atoms with Crippen molar-refractivity contribution in [1.29, 1.82) is 0 Å². The summed E-state index contributed by atoms with van der Waals surface area (Å²) in [6.45, 7) is 2.62. The van der Waals surface area contributed by atoms with Crippen LogP contribution in [0.5, 0.6) is 5.88 Å². The lowest BCUT2D eigenvalue weighted by molar-refractivity contribution is 0.268. The van der Waals surface area contributed by atoms with E-state index in [0.29, 0.717) is 12.5 Å². The van der Waals surface area contributed by atoms with Crippen molar-refractivity contribution in [3.05, 3.63) is 23.4 Å². The maximum Gasteiger partial charge on any atom is 0.378 e. The SMILES string of the molecule is CC[P+]1(S)OCc2cc(C)cnc2O1. The maximum atomic E-state index is 5.67. The number of hydrogen-bond donors (Lipinski definition) is 1. The highest BCUT2D eigenvalue weighted by molar-refractivity contribution is 8.49. The zero-order valence-electron chi connectivity index (χ0n) is 8.23. The Labute approximate surface area is 89.5 Å². The quantitative estimate of drug-likeness (QED) is 0.594. The van der Waals surface area contributed by atoms with Crippen molar-refractivity contribution in [1.82, 2.24) is 4.98 Å². The molecule has 2 heterocycles. The third-order valence-corrected chi connectivity index (χ3v) is 5.34. The molecule has 1 aliphatic rings. The molecule has 0 amide bonds. The van der Waals surface area contributed by atoms with E-state index in [0.717, 1.165) is 17.3 Å². The molecule has 0 aliphatic carbocycles. The maximum absolute atomic E-state index is 5.67. The van der Waals surface area contributed by atoms with Crippen molar-refractivity contribution >= 4 is 19.2 Å². The Morgan fingerprint density at radius 1 is 1.64 bits per heavy atom. The lowest BCUT2D eigenvalue weighted by atomic mass is 10.2. The minimum Gasteiger partial charge on any atom is -0.287 e. The third-order valence-electron chi connectivity index (χ3n) is 2.11. The fourth-order valence-electron chi connectivity index (χ4n) is 1.29. The summed E-state index contributed by atoms with van der Waals surface area (Å²) in [7, 11) is 0. The van der Waals surface area contributed by atoms with Gasteiger partial charge in [0.05, 0.1) is 17.8 Å². The van der Waals surface area contributed by atoms with Gasteiger partial charge in [0.15, 0.2) is 0 Å². The van der Waals surface area contributed by atoms with Crippen molar-refractivity contribution in [2.24, 2.45) is 0 Å². The molecule has 14 heavy (non-hydrogen) atoms. The van der Waals surface area contributed by atoms with Crippen molar-refractivity contribution < 1.29 is 9.05 Å². The highest BCUT2D eigenvalue weighted by atomic mass is 32.7. The number of fused-ring (bicyclic) bond motifs is 1. The molecule has 3 nitrogen and oxygen atoms in total. The zero-order valence-corrected chi connectivity index (χ0v) is 10.0. The fourth-order valence-corrected chi connectivity index (χ4v) is 2.84. The van der Waals surface area contributed by atoms with E-state index in [1.807, 2.05) is 19.9 Å². The van der Waals surface area contributed by atoms with Gasteiger partial charge in [-0.25, -0.2) is 4.98 Å². The van der Waals surface area contributed by atoms with E-state index in [2.05, 4.69) is 17.2 Å². The van der Waals surface area contributed by atoms with Gasteiger partial charge in [-0.3, -0.25) is 4.52 Å². The fraction of sp³-hybridized carbons (Fsp3) is 0.444.